The zero-order chi connectivity index (χ0) is 44.6. The summed E-state index contributed by atoms with van der Waals surface area (Å²) in [6.45, 7) is 15.8. The van der Waals surface area contributed by atoms with E-state index in [1.807, 2.05) is 6.07 Å². The Kier molecular flexibility index (Phi) is 9.55. The summed E-state index contributed by atoms with van der Waals surface area (Å²) in [5.74, 6) is 0. The van der Waals surface area contributed by atoms with Crippen LogP contribution >= 0.6 is 0 Å². The summed E-state index contributed by atoms with van der Waals surface area (Å²) < 4.78 is 8.45. The van der Waals surface area contributed by atoms with Gasteiger partial charge in [0.1, 0.15) is 11.2 Å². The molecule has 0 amide bonds. The van der Waals surface area contributed by atoms with E-state index < -0.39 is 0 Å². The third kappa shape index (κ3) is 6.46. The van der Waals surface area contributed by atoms with Crippen LogP contribution in [0.1, 0.15) is 66.6 Å². The van der Waals surface area contributed by atoms with Crippen LogP contribution in [0, 0.1) is 20.8 Å². The number of rotatable bonds is 2. The van der Waals surface area contributed by atoms with Gasteiger partial charge >= 0.3 is 0 Å². The minimum absolute atomic E-state index is 0.151. The van der Waals surface area contributed by atoms with Gasteiger partial charge < -0.3 is 8.98 Å². The Morgan fingerprint density at radius 3 is 1.51 bits per heavy atom. The van der Waals surface area contributed by atoms with E-state index in [-0.39, 0.29) is 10.8 Å². The largest absolute Gasteiger partial charge is 0.456 e. The lowest BCUT2D eigenvalue weighted by Crippen LogP contribution is -2.14. The first-order valence-electron chi connectivity index (χ1n) is 22.9. The van der Waals surface area contributed by atoms with E-state index in [4.69, 9.17) is 4.42 Å². The molecule has 2 aromatic heterocycles. The van der Waals surface area contributed by atoms with Gasteiger partial charge in [0, 0.05) is 38.1 Å². The Hall–Kier alpha value is -7.42. The monoisotopic (exact) mass is 839 g/mol. The Balaban J connectivity index is 0.000000122. The zero-order valence-corrected chi connectivity index (χ0v) is 38.3. The van der Waals surface area contributed by atoms with Gasteiger partial charge in [-0.3, -0.25) is 0 Å². The Morgan fingerprint density at radius 1 is 0.369 bits per heavy atom. The van der Waals surface area contributed by atoms with Crippen LogP contribution in [-0.4, -0.2) is 4.57 Å². The molecular formula is C63H53NO. The van der Waals surface area contributed by atoms with E-state index in [0.717, 1.165) is 11.2 Å². The molecule has 0 unspecified atom stereocenters. The predicted molar refractivity (Wildman–Crippen MR) is 276 cm³/mol. The maximum absolute atomic E-state index is 6.10. The summed E-state index contributed by atoms with van der Waals surface area (Å²) >= 11 is 0. The number of aryl methyl sites for hydroxylation is 3. The predicted octanol–water partition coefficient (Wildman–Crippen LogP) is 17.3. The highest BCUT2D eigenvalue weighted by molar-refractivity contribution is 6.11. The average Bonchev–Trinajstić information content (AvgIpc) is 4.01. The molecule has 65 heavy (non-hydrogen) atoms. The number of para-hydroxylation sites is 2. The van der Waals surface area contributed by atoms with Gasteiger partial charge in [0.2, 0.25) is 0 Å². The van der Waals surface area contributed by atoms with Crippen molar-refractivity contribution < 1.29 is 4.42 Å². The van der Waals surface area contributed by atoms with Gasteiger partial charge in [-0.05, 0) is 142 Å². The fourth-order valence-electron chi connectivity index (χ4n) is 11.1. The third-order valence-corrected chi connectivity index (χ3v) is 14.4. The maximum Gasteiger partial charge on any atom is 0.135 e. The molecule has 0 saturated carbocycles. The zero-order valence-electron chi connectivity index (χ0n) is 38.3. The fourth-order valence-corrected chi connectivity index (χ4v) is 11.1. The molecule has 0 spiro atoms. The van der Waals surface area contributed by atoms with Crippen molar-refractivity contribution in [3.63, 3.8) is 0 Å². The van der Waals surface area contributed by atoms with Crippen LogP contribution in [0.15, 0.2) is 199 Å². The van der Waals surface area contributed by atoms with E-state index in [0.29, 0.717) is 0 Å². The molecule has 0 saturated heterocycles. The lowest BCUT2D eigenvalue weighted by Gasteiger charge is -2.21. The lowest BCUT2D eigenvalue weighted by molar-refractivity contribution is 0.660. The first kappa shape index (κ1) is 40.4. The van der Waals surface area contributed by atoms with Gasteiger partial charge in [0.15, 0.2) is 0 Å². The van der Waals surface area contributed by atoms with Crippen LogP contribution in [0.2, 0.25) is 0 Å². The number of fused-ring (bicyclic) bond motifs is 12. The Bertz CT molecular complexity index is 3530. The van der Waals surface area contributed by atoms with Gasteiger partial charge in [-0.2, -0.15) is 0 Å². The second-order valence-electron chi connectivity index (χ2n) is 19.0. The molecule has 2 aliphatic rings. The smallest absolute Gasteiger partial charge is 0.135 e. The van der Waals surface area contributed by atoms with Gasteiger partial charge in [-0.25, -0.2) is 0 Å². The third-order valence-electron chi connectivity index (χ3n) is 14.4. The molecule has 2 heterocycles. The summed E-state index contributed by atoms with van der Waals surface area (Å²) in [7, 11) is 0. The van der Waals surface area contributed by atoms with Gasteiger partial charge in [-0.1, -0.05) is 173 Å². The molecule has 316 valence electrons. The quantitative estimate of drug-likeness (QED) is 0.170. The first-order valence-corrected chi connectivity index (χ1v) is 22.9. The number of furan rings is 1. The van der Waals surface area contributed by atoms with Crippen molar-refractivity contribution in [1.82, 2.24) is 4.57 Å². The van der Waals surface area contributed by atoms with Crippen LogP contribution in [-0.2, 0) is 10.8 Å². The van der Waals surface area contributed by atoms with E-state index >= 15 is 0 Å². The average molecular weight is 840 g/mol. The van der Waals surface area contributed by atoms with Crippen LogP contribution in [0.4, 0.5) is 0 Å². The van der Waals surface area contributed by atoms with Crippen molar-refractivity contribution in [2.45, 2.75) is 59.3 Å². The molecule has 0 bridgehead atoms. The van der Waals surface area contributed by atoms with Crippen LogP contribution in [0.5, 0.6) is 0 Å². The number of hydrogen-bond acceptors (Lipinski definition) is 1. The molecule has 2 nitrogen and oxygen atoms in total. The summed E-state index contributed by atoms with van der Waals surface area (Å²) in [5.41, 5.74) is 23.8. The molecule has 0 fully saturated rings. The van der Waals surface area contributed by atoms with E-state index in [1.165, 1.54) is 111 Å². The van der Waals surface area contributed by atoms with Crippen molar-refractivity contribution in [3.8, 4) is 39.1 Å². The van der Waals surface area contributed by atoms with Crippen molar-refractivity contribution in [2.24, 2.45) is 0 Å². The van der Waals surface area contributed by atoms with Crippen LogP contribution in [0.25, 0.3) is 82.8 Å². The number of aromatic nitrogens is 1. The van der Waals surface area contributed by atoms with Gasteiger partial charge in [0.25, 0.3) is 0 Å². The van der Waals surface area contributed by atoms with Crippen LogP contribution in [0.3, 0.4) is 0 Å². The summed E-state index contributed by atoms with van der Waals surface area (Å²) in [6, 6.07) is 69.7. The van der Waals surface area contributed by atoms with Gasteiger partial charge in [-0.15, -0.1) is 0 Å². The molecule has 0 aliphatic heterocycles. The molecule has 0 radical (unpaired) electrons. The maximum atomic E-state index is 6.10. The standard InChI is InChI=1S/C31H21NO.2C16H16/c1-20-8-7-13-30-31(20)26-19-22(15-17-29(26)33-30)21-14-16-28-25(18-21)24-11-5-6-12-27(24)32(28)23-9-3-2-4-10-23;2*1-11-7-6-10-14-15(11)12-8-4-5-9-13(12)16(14,2)3/h2-19H,1H3;2*4-10H,1-3H3. The minimum Gasteiger partial charge on any atom is -0.456 e. The van der Waals surface area contributed by atoms with Crippen molar-refractivity contribution >= 4 is 43.7 Å². The lowest BCUT2D eigenvalue weighted by atomic mass is 9.82. The topological polar surface area (TPSA) is 18.1 Å². The molecule has 2 heteroatoms. The van der Waals surface area contributed by atoms with Crippen molar-refractivity contribution in [3.05, 3.63) is 233 Å². The van der Waals surface area contributed by atoms with E-state index in [9.17, 15) is 0 Å². The molecule has 0 N–H and O–H groups in total. The number of hydrogen-bond donors (Lipinski definition) is 0. The highest BCUT2D eigenvalue weighted by atomic mass is 16.3. The second-order valence-corrected chi connectivity index (χ2v) is 19.0. The van der Waals surface area contributed by atoms with Crippen molar-refractivity contribution in [1.29, 1.82) is 0 Å². The number of nitrogens with zero attached hydrogens (tertiary/aromatic N) is 1. The summed E-state index contributed by atoms with van der Waals surface area (Å²) in [6.07, 6.45) is 0. The normalized spacial score (nSPS) is 13.7. The van der Waals surface area contributed by atoms with Crippen LogP contribution < -0.4 is 0 Å². The SMILES string of the molecule is Cc1cccc2c1-c1ccccc1C2(C)C.Cc1cccc2c1-c1ccccc1C2(C)C.Cc1cccc2oc3ccc(-c4ccc5c(c4)c4ccccc4n5-c4ccccc4)cc3c12. The molecule has 13 rings (SSSR count). The number of benzene rings is 9. The second kappa shape index (κ2) is 15.4. The Morgan fingerprint density at radius 2 is 0.862 bits per heavy atom. The fraction of sp³-hybridized carbons (Fsp3) is 0.143. The van der Waals surface area contributed by atoms with E-state index in [1.54, 1.807) is 0 Å². The molecule has 11 aromatic rings. The summed E-state index contributed by atoms with van der Waals surface area (Å²) in [5, 5.41) is 4.91. The molecule has 9 aromatic carbocycles. The highest BCUT2D eigenvalue weighted by Gasteiger charge is 2.36. The van der Waals surface area contributed by atoms with Gasteiger partial charge in [0.05, 0.1) is 11.0 Å². The molecule has 0 atom stereocenters. The van der Waals surface area contributed by atoms with Crippen molar-refractivity contribution in [2.75, 3.05) is 0 Å². The Labute approximate surface area is 382 Å². The highest BCUT2D eigenvalue weighted by Crippen LogP contribution is 2.51. The van der Waals surface area contributed by atoms with E-state index in [2.05, 4.69) is 241 Å². The molecule has 2 aliphatic carbocycles. The first-order chi connectivity index (χ1) is 31.5. The summed E-state index contributed by atoms with van der Waals surface area (Å²) in [4.78, 5) is 0. The molecular weight excluding hydrogens is 787 g/mol. The minimum atomic E-state index is 0.151.